The monoisotopic (exact) mass is 690 g/mol. The Morgan fingerprint density at radius 1 is 0.480 bits per heavy atom. The number of allylic oxidation sites excluding steroid dienone is 8. The van der Waals surface area contributed by atoms with E-state index in [9.17, 15) is 0 Å². The highest BCUT2D eigenvalue weighted by molar-refractivity contribution is 5.15. The van der Waals surface area contributed by atoms with E-state index in [1.54, 1.807) is 0 Å². The van der Waals surface area contributed by atoms with Crippen LogP contribution in [0.25, 0.3) is 0 Å². The Balaban J connectivity index is 1.51. The Morgan fingerprint density at radius 2 is 0.860 bits per heavy atom. The molecule has 1 aliphatic heterocycles. The first kappa shape index (κ1) is 44.2. The standard InChI is InChI=1S/C47H79NO2/c1-3-5-7-9-11-13-15-17-19-21-23-25-27-29-31-36-40-49-46-43-48(42-45-38-34-33-35-39-45)44-47(46)50-41-37-32-30-28-26-24-22-20-18-16-14-12-10-8-6-4-2/h11-14,17-20,33-35,38-39,46-47H,3-10,15-16,21-32,36-37,40-44H2,1-2H3/b13-11-,14-12-,19-17-,20-18-/t46-,47-/m1/s1. The van der Waals surface area contributed by atoms with Gasteiger partial charge in [0.2, 0.25) is 0 Å². The fraction of sp³-hybridized carbons (Fsp3) is 0.702. The van der Waals surface area contributed by atoms with Gasteiger partial charge in [-0.1, -0.05) is 170 Å². The van der Waals surface area contributed by atoms with Crippen LogP contribution in [-0.4, -0.2) is 43.4 Å². The second-order valence-electron chi connectivity index (χ2n) is 14.7. The first-order valence-electron chi connectivity index (χ1n) is 21.4. The molecule has 1 saturated heterocycles. The average molecular weight is 690 g/mol. The highest BCUT2D eigenvalue weighted by atomic mass is 16.5. The van der Waals surface area contributed by atoms with Crippen LogP contribution in [0.5, 0.6) is 0 Å². The number of unbranched alkanes of at least 4 members (excludes halogenated alkanes) is 18. The van der Waals surface area contributed by atoms with E-state index >= 15 is 0 Å². The third kappa shape index (κ3) is 25.9. The van der Waals surface area contributed by atoms with Gasteiger partial charge in [0.05, 0.1) is 12.2 Å². The van der Waals surface area contributed by atoms with E-state index in [2.05, 4.69) is 97.7 Å². The van der Waals surface area contributed by atoms with E-state index in [1.807, 2.05) is 0 Å². The minimum atomic E-state index is 0.196. The van der Waals surface area contributed by atoms with Gasteiger partial charge < -0.3 is 9.47 Å². The molecule has 1 aromatic rings. The van der Waals surface area contributed by atoms with Gasteiger partial charge in [-0.25, -0.2) is 0 Å². The minimum absolute atomic E-state index is 0.196. The molecule has 0 amide bonds. The lowest BCUT2D eigenvalue weighted by atomic mass is 10.1. The Bertz CT molecular complexity index is 909. The maximum atomic E-state index is 6.50. The van der Waals surface area contributed by atoms with Crippen molar-refractivity contribution in [2.24, 2.45) is 0 Å². The maximum absolute atomic E-state index is 6.50. The van der Waals surface area contributed by atoms with E-state index in [0.717, 1.165) is 45.7 Å². The molecule has 0 radical (unpaired) electrons. The zero-order valence-electron chi connectivity index (χ0n) is 32.9. The number of likely N-dealkylation sites (tertiary alicyclic amines) is 1. The normalized spacial score (nSPS) is 17.2. The highest BCUT2D eigenvalue weighted by Gasteiger charge is 2.34. The van der Waals surface area contributed by atoms with Gasteiger partial charge >= 0.3 is 0 Å². The van der Waals surface area contributed by atoms with Gasteiger partial charge in [-0.2, -0.15) is 0 Å². The van der Waals surface area contributed by atoms with Crippen LogP contribution < -0.4 is 0 Å². The number of hydrogen-bond acceptors (Lipinski definition) is 3. The summed E-state index contributed by atoms with van der Waals surface area (Å²) in [6.45, 7) is 9.20. The Morgan fingerprint density at radius 3 is 1.28 bits per heavy atom. The minimum Gasteiger partial charge on any atom is -0.374 e. The summed E-state index contributed by atoms with van der Waals surface area (Å²) >= 11 is 0. The van der Waals surface area contributed by atoms with Crippen molar-refractivity contribution in [2.75, 3.05) is 26.3 Å². The molecule has 3 heteroatoms. The van der Waals surface area contributed by atoms with E-state index in [1.165, 1.54) is 147 Å². The first-order chi connectivity index (χ1) is 24.8. The van der Waals surface area contributed by atoms with E-state index in [-0.39, 0.29) is 12.2 Å². The van der Waals surface area contributed by atoms with Crippen molar-refractivity contribution >= 4 is 0 Å². The fourth-order valence-electron chi connectivity index (χ4n) is 6.76. The number of nitrogens with zero attached hydrogens (tertiary/aromatic N) is 1. The molecule has 0 aromatic heterocycles. The molecule has 3 nitrogen and oxygen atoms in total. The van der Waals surface area contributed by atoms with Crippen LogP contribution in [0.3, 0.4) is 0 Å². The van der Waals surface area contributed by atoms with Crippen molar-refractivity contribution in [3.8, 4) is 0 Å². The van der Waals surface area contributed by atoms with Crippen molar-refractivity contribution in [2.45, 2.75) is 187 Å². The van der Waals surface area contributed by atoms with Gasteiger partial charge in [0.1, 0.15) is 0 Å². The summed E-state index contributed by atoms with van der Waals surface area (Å²) < 4.78 is 13.0. The van der Waals surface area contributed by atoms with Crippen molar-refractivity contribution in [1.82, 2.24) is 4.90 Å². The summed E-state index contributed by atoms with van der Waals surface area (Å²) in [7, 11) is 0. The number of hydrogen-bond donors (Lipinski definition) is 0. The maximum Gasteiger partial charge on any atom is 0.0975 e. The fourth-order valence-corrected chi connectivity index (χ4v) is 6.76. The van der Waals surface area contributed by atoms with Crippen LogP contribution in [0.1, 0.15) is 174 Å². The first-order valence-corrected chi connectivity index (χ1v) is 21.4. The third-order valence-corrected chi connectivity index (χ3v) is 9.89. The highest BCUT2D eigenvalue weighted by Crippen LogP contribution is 2.21. The predicted molar refractivity (Wildman–Crippen MR) is 220 cm³/mol. The molecule has 0 bridgehead atoms. The van der Waals surface area contributed by atoms with Crippen molar-refractivity contribution in [1.29, 1.82) is 0 Å². The topological polar surface area (TPSA) is 21.7 Å². The molecular formula is C47H79NO2. The van der Waals surface area contributed by atoms with Gasteiger partial charge in [0.25, 0.3) is 0 Å². The van der Waals surface area contributed by atoms with Crippen molar-refractivity contribution in [3.63, 3.8) is 0 Å². The summed E-state index contributed by atoms with van der Waals surface area (Å²) in [6.07, 6.45) is 49.9. The summed E-state index contributed by atoms with van der Waals surface area (Å²) in [4.78, 5) is 2.53. The molecule has 0 unspecified atom stereocenters. The van der Waals surface area contributed by atoms with Crippen LogP contribution in [0.4, 0.5) is 0 Å². The Labute approximate surface area is 311 Å². The molecule has 0 aliphatic carbocycles. The molecule has 1 fully saturated rings. The van der Waals surface area contributed by atoms with Crippen molar-refractivity contribution in [3.05, 3.63) is 84.5 Å². The zero-order chi connectivity index (χ0) is 35.4. The molecule has 0 spiro atoms. The molecule has 1 aromatic carbocycles. The number of ether oxygens (including phenoxy) is 2. The van der Waals surface area contributed by atoms with Crippen LogP contribution in [0.2, 0.25) is 0 Å². The second kappa shape index (κ2) is 34.2. The van der Waals surface area contributed by atoms with Crippen LogP contribution in [-0.2, 0) is 16.0 Å². The Hall–Kier alpha value is -1.94. The van der Waals surface area contributed by atoms with Gasteiger partial charge in [0.15, 0.2) is 0 Å². The average Bonchev–Trinajstić information content (AvgIpc) is 3.51. The summed E-state index contributed by atoms with van der Waals surface area (Å²) in [5.74, 6) is 0. The molecule has 0 N–H and O–H groups in total. The van der Waals surface area contributed by atoms with Gasteiger partial charge in [-0.15, -0.1) is 0 Å². The molecular weight excluding hydrogens is 611 g/mol. The second-order valence-corrected chi connectivity index (χ2v) is 14.7. The van der Waals surface area contributed by atoms with Gasteiger partial charge in [-0.05, 0) is 82.6 Å². The van der Waals surface area contributed by atoms with E-state index < -0.39 is 0 Å². The molecule has 50 heavy (non-hydrogen) atoms. The summed E-state index contributed by atoms with van der Waals surface area (Å²) in [5, 5.41) is 0. The van der Waals surface area contributed by atoms with Crippen LogP contribution in [0, 0.1) is 0 Å². The molecule has 0 saturated carbocycles. The number of benzene rings is 1. The van der Waals surface area contributed by atoms with Gasteiger partial charge in [-0.3, -0.25) is 4.90 Å². The lowest BCUT2D eigenvalue weighted by Gasteiger charge is -2.20. The summed E-state index contributed by atoms with van der Waals surface area (Å²) in [5.41, 5.74) is 1.38. The molecule has 2 rings (SSSR count). The number of rotatable bonds is 34. The largest absolute Gasteiger partial charge is 0.374 e. The lowest BCUT2D eigenvalue weighted by Crippen LogP contribution is -2.30. The molecule has 284 valence electrons. The quantitative estimate of drug-likeness (QED) is 0.0531. The zero-order valence-corrected chi connectivity index (χ0v) is 32.9. The Kier molecular flexibility index (Phi) is 30.2. The molecule has 1 aliphatic rings. The SMILES string of the molecule is CCCCC/C=C\C/C=C\CCCCCCCCO[C@@H]1CN(Cc2ccccc2)C[C@H]1OCCCCCCCC/C=C\C/C=C\CCCCC. The van der Waals surface area contributed by atoms with Crippen molar-refractivity contribution < 1.29 is 9.47 Å². The summed E-state index contributed by atoms with van der Waals surface area (Å²) in [6, 6.07) is 10.9. The third-order valence-electron chi connectivity index (χ3n) is 9.89. The lowest BCUT2D eigenvalue weighted by molar-refractivity contribution is -0.0481. The van der Waals surface area contributed by atoms with E-state index in [4.69, 9.17) is 9.47 Å². The van der Waals surface area contributed by atoms with Crippen LogP contribution >= 0.6 is 0 Å². The van der Waals surface area contributed by atoms with Gasteiger partial charge in [0, 0.05) is 32.8 Å². The van der Waals surface area contributed by atoms with Crippen LogP contribution in [0.15, 0.2) is 78.9 Å². The van der Waals surface area contributed by atoms with E-state index in [0.29, 0.717) is 0 Å². The smallest absolute Gasteiger partial charge is 0.0975 e. The molecule has 1 heterocycles. The molecule has 2 atom stereocenters. The predicted octanol–water partition coefficient (Wildman–Crippen LogP) is 13.9.